The highest BCUT2D eigenvalue weighted by molar-refractivity contribution is 6.33. The SMILES string of the molecule is COc1ccc(C)cc1NC(=O)CNC(=O)c1ccccc1Cl. The predicted octanol–water partition coefficient (Wildman–Crippen LogP) is 3.03. The second kappa shape index (κ2) is 7.65. The van der Waals surface area contributed by atoms with Crippen molar-refractivity contribution in [1.82, 2.24) is 5.32 Å². The van der Waals surface area contributed by atoms with E-state index in [1.807, 2.05) is 13.0 Å². The smallest absolute Gasteiger partial charge is 0.253 e. The Kier molecular flexibility index (Phi) is 5.60. The fraction of sp³-hybridized carbons (Fsp3) is 0.176. The Morgan fingerprint density at radius 1 is 1.17 bits per heavy atom. The first-order valence-corrected chi connectivity index (χ1v) is 7.36. The van der Waals surface area contributed by atoms with Gasteiger partial charge in [0.05, 0.1) is 29.9 Å². The normalized spacial score (nSPS) is 10.0. The topological polar surface area (TPSA) is 67.4 Å². The van der Waals surface area contributed by atoms with E-state index < -0.39 is 5.91 Å². The summed E-state index contributed by atoms with van der Waals surface area (Å²) in [7, 11) is 1.53. The molecule has 0 radical (unpaired) electrons. The van der Waals surface area contributed by atoms with E-state index in [9.17, 15) is 9.59 Å². The number of amides is 2. The van der Waals surface area contributed by atoms with Crippen molar-refractivity contribution in [2.24, 2.45) is 0 Å². The van der Waals surface area contributed by atoms with Crippen molar-refractivity contribution in [3.63, 3.8) is 0 Å². The van der Waals surface area contributed by atoms with Gasteiger partial charge in [0.1, 0.15) is 5.75 Å². The molecule has 0 atom stereocenters. The number of carbonyl (C=O) groups excluding carboxylic acids is 2. The third-order valence-electron chi connectivity index (χ3n) is 3.16. The molecule has 0 aromatic heterocycles. The molecule has 2 N–H and O–H groups in total. The van der Waals surface area contributed by atoms with Crippen LogP contribution < -0.4 is 15.4 Å². The molecular formula is C17H17ClN2O3. The molecule has 6 heteroatoms. The lowest BCUT2D eigenvalue weighted by molar-refractivity contribution is -0.115. The van der Waals surface area contributed by atoms with E-state index in [4.69, 9.17) is 16.3 Å². The second-order valence-electron chi connectivity index (χ2n) is 4.91. The minimum atomic E-state index is -0.401. The number of nitrogens with one attached hydrogen (secondary N) is 2. The summed E-state index contributed by atoms with van der Waals surface area (Å²) < 4.78 is 5.19. The highest BCUT2D eigenvalue weighted by Crippen LogP contribution is 2.24. The fourth-order valence-electron chi connectivity index (χ4n) is 2.02. The van der Waals surface area contributed by atoms with E-state index in [2.05, 4.69) is 10.6 Å². The summed E-state index contributed by atoms with van der Waals surface area (Å²) >= 11 is 5.94. The lowest BCUT2D eigenvalue weighted by Crippen LogP contribution is -2.33. The number of benzene rings is 2. The first kappa shape index (κ1) is 16.8. The molecule has 120 valence electrons. The Labute approximate surface area is 139 Å². The number of rotatable bonds is 5. The van der Waals surface area contributed by atoms with Crippen molar-refractivity contribution in [2.45, 2.75) is 6.92 Å². The van der Waals surface area contributed by atoms with Crippen LogP contribution in [0.2, 0.25) is 5.02 Å². The maximum atomic E-state index is 12.0. The summed E-state index contributed by atoms with van der Waals surface area (Å²) in [6.07, 6.45) is 0. The number of halogens is 1. The third kappa shape index (κ3) is 4.47. The van der Waals surface area contributed by atoms with Crippen LogP contribution >= 0.6 is 11.6 Å². The van der Waals surface area contributed by atoms with Crippen molar-refractivity contribution in [1.29, 1.82) is 0 Å². The third-order valence-corrected chi connectivity index (χ3v) is 3.49. The van der Waals surface area contributed by atoms with Crippen LogP contribution in [0.15, 0.2) is 42.5 Å². The molecule has 0 unspecified atom stereocenters. The van der Waals surface area contributed by atoms with Gasteiger partial charge in [-0.2, -0.15) is 0 Å². The largest absolute Gasteiger partial charge is 0.495 e. The van der Waals surface area contributed by atoms with E-state index in [1.54, 1.807) is 36.4 Å². The van der Waals surface area contributed by atoms with Gasteiger partial charge in [0.2, 0.25) is 5.91 Å². The van der Waals surface area contributed by atoms with E-state index in [-0.39, 0.29) is 12.5 Å². The summed E-state index contributed by atoms with van der Waals surface area (Å²) in [5, 5.41) is 5.59. The molecule has 0 spiro atoms. The Balaban J connectivity index is 1.97. The predicted molar refractivity (Wildman–Crippen MR) is 90.1 cm³/mol. The van der Waals surface area contributed by atoms with Crippen molar-refractivity contribution < 1.29 is 14.3 Å². The lowest BCUT2D eigenvalue weighted by Gasteiger charge is -2.11. The Morgan fingerprint density at radius 3 is 2.61 bits per heavy atom. The number of ether oxygens (including phenoxy) is 1. The molecule has 2 amide bonds. The molecular weight excluding hydrogens is 316 g/mol. The highest BCUT2D eigenvalue weighted by atomic mass is 35.5. The van der Waals surface area contributed by atoms with Gasteiger partial charge in [0.25, 0.3) is 5.91 Å². The summed E-state index contributed by atoms with van der Waals surface area (Å²) in [6, 6.07) is 12.1. The quantitative estimate of drug-likeness (QED) is 0.884. The highest BCUT2D eigenvalue weighted by Gasteiger charge is 2.12. The second-order valence-corrected chi connectivity index (χ2v) is 5.32. The maximum absolute atomic E-state index is 12.0. The average Bonchev–Trinajstić information content (AvgIpc) is 2.53. The van der Waals surface area contributed by atoms with Gasteiger partial charge in [-0.15, -0.1) is 0 Å². The van der Waals surface area contributed by atoms with Crippen molar-refractivity contribution in [3.8, 4) is 5.75 Å². The number of hydrogen-bond acceptors (Lipinski definition) is 3. The van der Waals surface area contributed by atoms with Crippen molar-refractivity contribution in [2.75, 3.05) is 19.0 Å². The first-order valence-electron chi connectivity index (χ1n) is 6.98. The maximum Gasteiger partial charge on any atom is 0.253 e. The van der Waals surface area contributed by atoms with Crippen LogP contribution in [0, 0.1) is 6.92 Å². The van der Waals surface area contributed by atoms with Crippen LogP contribution in [-0.4, -0.2) is 25.5 Å². The molecule has 23 heavy (non-hydrogen) atoms. The van der Waals surface area contributed by atoms with E-state index in [0.29, 0.717) is 22.0 Å². The zero-order chi connectivity index (χ0) is 16.8. The average molecular weight is 333 g/mol. The van der Waals surface area contributed by atoms with Gasteiger partial charge in [-0.1, -0.05) is 29.8 Å². The molecule has 2 aromatic rings. The molecule has 0 aliphatic heterocycles. The fourth-order valence-corrected chi connectivity index (χ4v) is 2.24. The van der Waals surface area contributed by atoms with Crippen LogP contribution in [0.25, 0.3) is 0 Å². The lowest BCUT2D eigenvalue weighted by atomic mass is 10.2. The van der Waals surface area contributed by atoms with E-state index in [1.165, 1.54) is 7.11 Å². The molecule has 5 nitrogen and oxygen atoms in total. The van der Waals surface area contributed by atoms with Crippen LogP contribution in [-0.2, 0) is 4.79 Å². The standard InChI is InChI=1S/C17H17ClN2O3/c1-11-7-8-15(23-2)14(9-11)20-16(21)10-19-17(22)12-5-3-4-6-13(12)18/h3-9H,10H2,1-2H3,(H,19,22)(H,20,21). The monoisotopic (exact) mass is 332 g/mol. The zero-order valence-corrected chi connectivity index (χ0v) is 13.6. The molecule has 0 saturated heterocycles. The number of anilines is 1. The number of hydrogen-bond donors (Lipinski definition) is 2. The number of carbonyl (C=O) groups is 2. The first-order chi connectivity index (χ1) is 11.0. The summed E-state index contributed by atoms with van der Waals surface area (Å²) in [4.78, 5) is 24.0. The molecule has 2 rings (SSSR count). The molecule has 0 heterocycles. The van der Waals surface area contributed by atoms with E-state index in [0.717, 1.165) is 5.56 Å². The van der Waals surface area contributed by atoms with Gasteiger partial charge >= 0.3 is 0 Å². The minimum absolute atomic E-state index is 0.166. The number of aryl methyl sites for hydroxylation is 1. The zero-order valence-electron chi connectivity index (χ0n) is 12.9. The van der Waals surface area contributed by atoms with Crippen LogP contribution in [0.1, 0.15) is 15.9 Å². The van der Waals surface area contributed by atoms with Gasteiger partial charge in [-0.05, 0) is 36.8 Å². The Hall–Kier alpha value is -2.53. The van der Waals surface area contributed by atoms with Gasteiger partial charge in [0, 0.05) is 0 Å². The molecule has 0 aliphatic carbocycles. The van der Waals surface area contributed by atoms with E-state index >= 15 is 0 Å². The van der Waals surface area contributed by atoms with Gasteiger partial charge in [-0.25, -0.2) is 0 Å². The molecule has 0 saturated carbocycles. The van der Waals surface area contributed by atoms with Gasteiger partial charge < -0.3 is 15.4 Å². The van der Waals surface area contributed by atoms with Gasteiger partial charge in [0.15, 0.2) is 0 Å². The van der Waals surface area contributed by atoms with Crippen molar-refractivity contribution >= 4 is 29.1 Å². The minimum Gasteiger partial charge on any atom is -0.495 e. The Bertz CT molecular complexity index is 732. The summed E-state index contributed by atoms with van der Waals surface area (Å²) in [5.74, 6) is -0.197. The summed E-state index contributed by atoms with van der Waals surface area (Å²) in [5.41, 5.74) is 1.88. The van der Waals surface area contributed by atoms with Crippen LogP contribution in [0.5, 0.6) is 5.75 Å². The Morgan fingerprint density at radius 2 is 1.91 bits per heavy atom. The van der Waals surface area contributed by atoms with Gasteiger partial charge in [-0.3, -0.25) is 9.59 Å². The van der Waals surface area contributed by atoms with Crippen LogP contribution in [0.4, 0.5) is 5.69 Å². The molecule has 0 aliphatic rings. The van der Waals surface area contributed by atoms with Crippen LogP contribution in [0.3, 0.4) is 0 Å². The summed E-state index contributed by atoms with van der Waals surface area (Å²) in [6.45, 7) is 1.75. The number of methoxy groups -OCH3 is 1. The molecule has 0 bridgehead atoms. The van der Waals surface area contributed by atoms with Crippen molar-refractivity contribution in [3.05, 3.63) is 58.6 Å². The molecule has 0 fully saturated rings. The molecule has 2 aromatic carbocycles.